The molecule has 1 amide bonds. The number of rotatable bonds is 6. The number of aromatic amines is 1. The summed E-state index contributed by atoms with van der Waals surface area (Å²) in [6.45, 7) is 3.45. The third-order valence-electron chi connectivity index (χ3n) is 4.39. The lowest BCUT2D eigenvalue weighted by Crippen LogP contribution is -2.23. The van der Waals surface area contributed by atoms with E-state index in [-0.39, 0.29) is 5.56 Å². The van der Waals surface area contributed by atoms with Crippen LogP contribution in [0.1, 0.15) is 28.5 Å². The van der Waals surface area contributed by atoms with Crippen LogP contribution in [0.3, 0.4) is 0 Å². The van der Waals surface area contributed by atoms with Gasteiger partial charge in [0.15, 0.2) is 0 Å². The Balaban J connectivity index is 1.86. The van der Waals surface area contributed by atoms with Gasteiger partial charge in [0.05, 0.1) is 31.2 Å². The highest BCUT2D eigenvalue weighted by atomic mass is 16.5. The maximum absolute atomic E-state index is 12.8. The Labute approximate surface area is 167 Å². The zero-order valence-electron chi connectivity index (χ0n) is 16.6. The molecule has 29 heavy (non-hydrogen) atoms. The summed E-state index contributed by atoms with van der Waals surface area (Å²) in [4.78, 5) is 25.3. The number of H-pyrrole nitrogens is 1. The molecule has 8 heteroatoms. The number of aromatic nitrogens is 2. The molecule has 0 aliphatic carbocycles. The molecule has 0 bridgehead atoms. The van der Waals surface area contributed by atoms with Crippen LogP contribution in [-0.4, -0.2) is 35.6 Å². The first-order chi connectivity index (χ1) is 13.9. The van der Waals surface area contributed by atoms with E-state index in [4.69, 9.17) is 9.47 Å². The third-order valence-corrected chi connectivity index (χ3v) is 4.39. The minimum absolute atomic E-state index is 0.243. The SMILES string of the molecule is COc1cc(OC)cc(C(=O)NN=C(C)c2c(C)[nH]n(-c3ccccc3)c2=O)c1. The number of carbonyl (C=O) groups excluding carboxylic acids is 1. The van der Waals surface area contributed by atoms with Gasteiger partial charge in [-0.15, -0.1) is 0 Å². The van der Waals surface area contributed by atoms with E-state index in [2.05, 4.69) is 15.6 Å². The summed E-state index contributed by atoms with van der Waals surface area (Å²) in [6, 6.07) is 14.0. The maximum atomic E-state index is 12.8. The topological polar surface area (TPSA) is 97.7 Å². The fourth-order valence-electron chi connectivity index (χ4n) is 2.93. The lowest BCUT2D eigenvalue weighted by atomic mass is 10.2. The van der Waals surface area contributed by atoms with Crippen molar-refractivity contribution in [3.8, 4) is 17.2 Å². The molecule has 0 aliphatic heterocycles. The summed E-state index contributed by atoms with van der Waals surface area (Å²) >= 11 is 0. The molecule has 2 N–H and O–H groups in total. The van der Waals surface area contributed by atoms with Crippen molar-refractivity contribution in [1.29, 1.82) is 0 Å². The Bertz CT molecular complexity index is 1090. The zero-order chi connectivity index (χ0) is 21.0. The third kappa shape index (κ3) is 4.21. The average Bonchev–Trinajstić information content (AvgIpc) is 3.05. The van der Waals surface area contributed by atoms with Gasteiger partial charge in [-0.05, 0) is 38.1 Å². The van der Waals surface area contributed by atoms with Gasteiger partial charge in [0, 0.05) is 17.3 Å². The van der Waals surface area contributed by atoms with E-state index in [9.17, 15) is 9.59 Å². The first-order valence-electron chi connectivity index (χ1n) is 8.89. The van der Waals surface area contributed by atoms with Crippen molar-refractivity contribution in [3.05, 3.63) is 75.7 Å². The molecule has 1 heterocycles. The normalized spacial score (nSPS) is 11.2. The van der Waals surface area contributed by atoms with Crippen molar-refractivity contribution in [2.75, 3.05) is 14.2 Å². The summed E-state index contributed by atoms with van der Waals surface area (Å²) in [5.41, 5.74) is 4.72. The number of ether oxygens (including phenoxy) is 2. The number of benzene rings is 2. The Morgan fingerprint density at radius 2 is 1.69 bits per heavy atom. The fourth-order valence-corrected chi connectivity index (χ4v) is 2.93. The predicted molar refractivity (Wildman–Crippen MR) is 110 cm³/mol. The first kappa shape index (κ1) is 19.9. The lowest BCUT2D eigenvalue weighted by molar-refractivity contribution is 0.0954. The molecule has 0 unspecified atom stereocenters. The molecule has 0 spiro atoms. The number of hydrogen-bond acceptors (Lipinski definition) is 5. The highest BCUT2D eigenvalue weighted by molar-refractivity contribution is 6.01. The Morgan fingerprint density at radius 3 is 2.28 bits per heavy atom. The van der Waals surface area contributed by atoms with Crippen molar-refractivity contribution < 1.29 is 14.3 Å². The minimum atomic E-state index is -0.446. The van der Waals surface area contributed by atoms with Gasteiger partial charge >= 0.3 is 0 Å². The van der Waals surface area contributed by atoms with E-state index in [1.54, 1.807) is 32.0 Å². The van der Waals surface area contributed by atoms with Gasteiger partial charge in [0.25, 0.3) is 11.5 Å². The maximum Gasteiger partial charge on any atom is 0.280 e. The van der Waals surface area contributed by atoms with Crippen molar-refractivity contribution >= 4 is 11.6 Å². The molecular weight excluding hydrogens is 372 g/mol. The highest BCUT2D eigenvalue weighted by Crippen LogP contribution is 2.22. The quantitative estimate of drug-likeness (QED) is 0.496. The van der Waals surface area contributed by atoms with Gasteiger partial charge in [0.1, 0.15) is 11.5 Å². The Morgan fingerprint density at radius 1 is 1.07 bits per heavy atom. The van der Waals surface area contributed by atoms with Crippen LogP contribution in [0.4, 0.5) is 0 Å². The van der Waals surface area contributed by atoms with Crippen molar-refractivity contribution in [3.63, 3.8) is 0 Å². The molecule has 0 saturated carbocycles. The molecule has 0 radical (unpaired) electrons. The number of hydrogen-bond donors (Lipinski definition) is 2. The van der Waals surface area contributed by atoms with Crippen LogP contribution >= 0.6 is 0 Å². The van der Waals surface area contributed by atoms with Crippen LogP contribution < -0.4 is 20.5 Å². The molecule has 0 fully saturated rings. The molecule has 3 rings (SSSR count). The molecular formula is C21H22N4O4. The van der Waals surface area contributed by atoms with E-state index < -0.39 is 5.91 Å². The van der Waals surface area contributed by atoms with E-state index in [0.29, 0.717) is 39.7 Å². The van der Waals surface area contributed by atoms with E-state index in [0.717, 1.165) is 0 Å². The fraction of sp³-hybridized carbons (Fsp3) is 0.190. The molecule has 8 nitrogen and oxygen atoms in total. The zero-order valence-corrected chi connectivity index (χ0v) is 16.6. The molecule has 3 aromatic rings. The number of aryl methyl sites for hydroxylation is 1. The molecule has 0 aliphatic rings. The summed E-state index contributed by atoms with van der Waals surface area (Å²) in [7, 11) is 3.01. The van der Waals surface area contributed by atoms with Crippen molar-refractivity contribution in [2.45, 2.75) is 13.8 Å². The van der Waals surface area contributed by atoms with Gasteiger partial charge < -0.3 is 9.47 Å². The van der Waals surface area contributed by atoms with E-state index in [1.807, 2.05) is 30.3 Å². The Kier molecular flexibility index (Phi) is 5.82. The molecule has 0 atom stereocenters. The van der Waals surface area contributed by atoms with Crippen LogP contribution in [0.15, 0.2) is 58.4 Å². The van der Waals surface area contributed by atoms with Crippen molar-refractivity contribution in [2.24, 2.45) is 5.10 Å². The van der Waals surface area contributed by atoms with Crippen LogP contribution in [0.25, 0.3) is 5.69 Å². The number of methoxy groups -OCH3 is 2. The van der Waals surface area contributed by atoms with Crippen LogP contribution in [-0.2, 0) is 0 Å². The lowest BCUT2D eigenvalue weighted by Gasteiger charge is -2.07. The molecule has 150 valence electrons. The van der Waals surface area contributed by atoms with Gasteiger partial charge in [-0.2, -0.15) is 5.10 Å². The summed E-state index contributed by atoms with van der Waals surface area (Å²) in [5.74, 6) is 0.531. The first-order valence-corrected chi connectivity index (χ1v) is 8.89. The molecule has 0 saturated heterocycles. The minimum Gasteiger partial charge on any atom is -0.497 e. The van der Waals surface area contributed by atoms with Crippen molar-refractivity contribution in [1.82, 2.24) is 15.2 Å². The predicted octanol–water partition coefficient (Wildman–Crippen LogP) is 2.65. The van der Waals surface area contributed by atoms with Gasteiger partial charge in [0.2, 0.25) is 0 Å². The second-order valence-electron chi connectivity index (χ2n) is 6.33. The summed E-state index contributed by atoms with van der Waals surface area (Å²) < 4.78 is 11.8. The summed E-state index contributed by atoms with van der Waals surface area (Å²) in [5, 5.41) is 7.15. The van der Waals surface area contributed by atoms with Crippen LogP contribution in [0.5, 0.6) is 11.5 Å². The number of nitrogens with one attached hydrogen (secondary N) is 2. The Hall–Kier alpha value is -3.81. The monoisotopic (exact) mass is 394 g/mol. The van der Waals surface area contributed by atoms with Gasteiger partial charge in [-0.25, -0.2) is 10.1 Å². The molecule has 1 aromatic heterocycles. The smallest absolute Gasteiger partial charge is 0.280 e. The number of carbonyl (C=O) groups is 1. The number of para-hydroxylation sites is 1. The average molecular weight is 394 g/mol. The van der Waals surface area contributed by atoms with Gasteiger partial charge in [-0.1, -0.05) is 18.2 Å². The van der Waals surface area contributed by atoms with E-state index in [1.165, 1.54) is 18.9 Å². The largest absolute Gasteiger partial charge is 0.497 e. The van der Waals surface area contributed by atoms with Crippen LogP contribution in [0, 0.1) is 6.92 Å². The standard InChI is InChI=1S/C21H22N4O4/c1-13(19-14(2)24-25(21(19)27)16-8-6-5-7-9-16)22-23-20(26)15-10-17(28-3)12-18(11-15)29-4/h5-12,24H,1-4H3,(H,23,26). The molecule has 2 aromatic carbocycles. The highest BCUT2D eigenvalue weighted by Gasteiger charge is 2.16. The van der Waals surface area contributed by atoms with Gasteiger partial charge in [-0.3, -0.25) is 14.7 Å². The second-order valence-corrected chi connectivity index (χ2v) is 6.33. The second kappa shape index (κ2) is 8.47. The van der Waals surface area contributed by atoms with E-state index >= 15 is 0 Å². The van der Waals surface area contributed by atoms with Crippen LogP contribution in [0.2, 0.25) is 0 Å². The number of hydrazone groups is 1. The summed E-state index contributed by atoms with van der Waals surface area (Å²) in [6.07, 6.45) is 0. The number of nitrogens with zero attached hydrogens (tertiary/aromatic N) is 2. The number of amides is 1.